The molecule has 1 aliphatic rings. The highest BCUT2D eigenvalue weighted by Crippen LogP contribution is 2.19. The molecule has 6 heteroatoms. The van der Waals surface area contributed by atoms with E-state index in [1.54, 1.807) is 0 Å². The van der Waals surface area contributed by atoms with E-state index >= 15 is 0 Å². The lowest BCUT2D eigenvalue weighted by molar-refractivity contribution is -0.160. The first-order valence-electron chi connectivity index (χ1n) is 9.27. The molecule has 6 nitrogen and oxygen atoms in total. The molecule has 1 fully saturated rings. The standard InChI is InChI=1S/C19H36N2O4/c1-9-12(2)15(17(23)25-19(6,7)8)21-16(22)14-10-13(11-20-14)24-18(3,4)5/h12-15,20H,9-11H2,1-8H3,(H,21,22)/t12-,13+,14-,15-/m0/s1. The molecule has 1 saturated heterocycles. The van der Waals surface area contributed by atoms with Crippen molar-refractivity contribution in [2.45, 2.75) is 97.6 Å². The van der Waals surface area contributed by atoms with Crippen LogP contribution in [0.15, 0.2) is 0 Å². The monoisotopic (exact) mass is 356 g/mol. The zero-order chi connectivity index (χ0) is 19.4. The third kappa shape index (κ3) is 7.74. The van der Waals surface area contributed by atoms with E-state index in [0.717, 1.165) is 6.42 Å². The largest absolute Gasteiger partial charge is 0.458 e. The van der Waals surface area contributed by atoms with E-state index in [-0.39, 0.29) is 35.5 Å². The normalized spacial score (nSPS) is 23.8. The molecule has 0 saturated carbocycles. The summed E-state index contributed by atoms with van der Waals surface area (Å²) in [6.45, 7) is 16.1. The highest BCUT2D eigenvalue weighted by atomic mass is 16.6. The Kier molecular flexibility index (Phi) is 7.44. The maximum Gasteiger partial charge on any atom is 0.329 e. The molecular weight excluding hydrogens is 320 g/mol. The molecule has 2 N–H and O–H groups in total. The summed E-state index contributed by atoms with van der Waals surface area (Å²) in [6, 6.07) is -0.984. The van der Waals surface area contributed by atoms with Crippen LogP contribution in [0, 0.1) is 5.92 Å². The van der Waals surface area contributed by atoms with Crippen LogP contribution in [0.1, 0.15) is 68.2 Å². The first-order valence-corrected chi connectivity index (χ1v) is 9.27. The molecule has 0 aromatic heterocycles. The minimum atomic E-state index is -0.638. The Bertz CT molecular complexity index is 465. The Morgan fingerprint density at radius 3 is 2.24 bits per heavy atom. The molecule has 0 aromatic carbocycles. The van der Waals surface area contributed by atoms with Crippen molar-refractivity contribution < 1.29 is 19.1 Å². The van der Waals surface area contributed by atoms with E-state index in [0.29, 0.717) is 13.0 Å². The van der Waals surface area contributed by atoms with Crippen LogP contribution in [0.4, 0.5) is 0 Å². The van der Waals surface area contributed by atoms with Gasteiger partial charge in [0.15, 0.2) is 0 Å². The number of carbonyl (C=O) groups excluding carboxylic acids is 2. The zero-order valence-electron chi connectivity index (χ0n) is 17.1. The van der Waals surface area contributed by atoms with Crippen LogP contribution in [-0.4, -0.2) is 47.8 Å². The fourth-order valence-electron chi connectivity index (χ4n) is 2.78. The van der Waals surface area contributed by atoms with Gasteiger partial charge in [0.25, 0.3) is 0 Å². The van der Waals surface area contributed by atoms with E-state index in [2.05, 4.69) is 10.6 Å². The maximum atomic E-state index is 12.6. The fraction of sp³-hybridized carbons (Fsp3) is 0.895. The van der Waals surface area contributed by atoms with Gasteiger partial charge in [-0.15, -0.1) is 0 Å². The number of rotatable bonds is 6. The molecule has 1 heterocycles. The molecule has 0 aliphatic carbocycles. The van der Waals surface area contributed by atoms with Gasteiger partial charge in [-0.3, -0.25) is 4.79 Å². The molecule has 25 heavy (non-hydrogen) atoms. The van der Waals surface area contributed by atoms with Crippen molar-refractivity contribution in [3.05, 3.63) is 0 Å². The summed E-state index contributed by atoms with van der Waals surface area (Å²) in [6.07, 6.45) is 1.38. The van der Waals surface area contributed by atoms with E-state index < -0.39 is 11.6 Å². The third-order valence-corrected chi connectivity index (χ3v) is 4.10. The van der Waals surface area contributed by atoms with E-state index in [9.17, 15) is 9.59 Å². The number of ether oxygens (including phenoxy) is 2. The van der Waals surface area contributed by atoms with Gasteiger partial charge in [0.2, 0.25) is 5.91 Å². The Labute approximate surface area is 152 Å². The summed E-state index contributed by atoms with van der Waals surface area (Å²) in [5.74, 6) is -0.548. The lowest BCUT2D eigenvalue weighted by Crippen LogP contribution is -2.52. The van der Waals surface area contributed by atoms with Gasteiger partial charge in [-0.2, -0.15) is 0 Å². The second-order valence-corrected chi connectivity index (χ2v) is 8.95. The van der Waals surface area contributed by atoms with Crippen LogP contribution in [0.5, 0.6) is 0 Å². The van der Waals surface area contributed by atoms with Crippen molar-refractivity contribution in [1.82, 2.24) is 10.6 Å². The molecule has 146 valence electrons. The number of amides is 1. The van der Waals surface area contributed by atoms with Gasteiger partial charge in [-0.1, -0.05) is 20.3 Å². The average Bonchev–Trinajstić information content (AvgIpc) is 2.88. The molecule has 4 atom stereocenters. The van der Waals surface area contributed by atoms with E-state index in [1.807, 2.05) is 55.4 Å². The average molecular weight is 357 g/mol. The smallest absolute Gasteiger partial charge is 0.329 e. The van der Waals surface area contributed by atoms with Crippen molar-refractivity contribution in [2.75, 3.05) is 6.54 Å². The van der Waals surface area contributed by atoms with Gasteiger partial charge in [-0.25, -0.2) is 4.79 Å². The summed E-state index contributed by atoms with van der Waals surface area (Å²) in [5, 5.41) is 6.07. The highest BCUT2D eigenvalue weighted by molar-refractivity contribution is 5.88. The summed E-state index contributed by atoms with van der Waals surface area (Å²) in [7, 11) is 0. The van der Waals surface area contributed by atoms with Gasteiger partial charge in [0.1, 0.15) is 11.6 Å². The number of esters is 1. The predicted octanol–water partition coefficient (Wildman–Crippen LogP) is 2.40. The van der Waals surface area contributed by atoms with Crippen molar-refractivity contribution in [1.29, 1.82) is 0 Å². The van der Waals surface area contributed by atoms with Gasteiger partial charge in [0.05, 0.1) is 17.7 Å². The van der Waals surface area contributed by atoms with Crippen LogP contribution < -0.4 is 10.6 Å². The van der Waals surface area contributed by atoms with E-state index in [1.165, 1.54) is 0 Å². The molecule has 0 bridgehead atoms. The maximum absolute atomic E-state index is 12.6. The van der Waals surface area contributed by atoms with Gasteiger partial charge >= 0.3 is 5.97 Å². The predicted molar refractivity (Wildman–Crippen MR) is 98.3 cm³/mol. The molecule has 0 spiro atoms. The van der Waals surface area contributed by atoms with Crippen LogP contribution in [0.3, 0.4) is 0 Å². The molecule has 0 aromatic rings. The van der Waals surface area contributed by atoms with Crippen LogP contribution >= 0.6 is 0 Å². The quantitative estimate of drug-likeness (QED) is 0.715. The first-order chi connectivity index (χ1) is 11.3. The molecule has 0 unspecified atom stereocenters. The number of nitrogens with one attached hydrogen (secondary N) is 2. The van der Waals surface area contributed by atoms with Crippen molar-refractivity contribution in [2.24, 2.45) is 5.92 Å². The van der Waals surface area contributed by atoms with Crippen LogP contribution in [0.2, 0.25) is 0 Å². The van der Waals surface area contributed by atoms with E-state index in [4.69, 9.17) is 9.47 Å². The second kappa shape index (κ2) is 8.49. The molecule has 0 radical (unpaired) electrons. The molecule has 1 rings (SSSR count). The minimum absolute atomic E-state index is 0.000625. The topological polar surface area (TPSA) is 76.7 Å². The zero-order valence-corrected chi connectivity index (χ0v) is 17.1. The number of hydrogen-bond donors (Lipinski definition) is 2. The highest BCUT2D eigenvalue weighted by Gasteiger charge is 2.36. The summed E-state index contributed by atoms with van der Waals surface area (Å²) < 4.78 is 11.4. The lowest BCUT2D eigenvalue weighted by Gasteiger charge is -2.28. The van der Waals surface area contributed by atoms with Crippen molar-refractivity contribution >= 4 is 11.9 Å². The lowest BCUT2D eigenvalue weighted by atomic mass is 9.98. The molecule has 1 amide bonds. The summed E-state index contributed by atoms with van der Waals surface area (Å²) in [5.41, 5.74) is -0.821. The Balaban J connectivity index is 2.68. The fourth-order valence-corrected chi connectivity index (χ4v) is 2.78. The minimum Gasteiger partial charge on any atom is -0.458 e. The first kappa shape index (κ1) is 21.9. The van der Waals surface area contributed by atoms with Gasteiger partial charge in [0, 0.05) is 6.54 Å². The van der Waals surface area contributed by atoms with Crippen molar-refractivity contribution in [3.63, 3.8) is 0 Å². The molecule has 1 aliphatic heterocycles. The van der Waals surface area contributed by atoms with Gasteiger partial charge < -0.3 is 20.1 Å². The Hall–Kier alpha value is -1.14. The Morgan fingerprint density at radius 2 is 1.76 bits per heavy atom. The second-order valence-electron chi connectivity index (χ2n) is 8.95. The van der Waals surface area contributed by atoms with Gasteiger partial charge in [-0.05, 0) is 53.9 Å². The number of carbonyl (C=O) groups is 2. The third-order valence-electron chi connectivity index (χ3n) is 4.10. The summed E-state index contributed by atoms with van der Waals surface area (Å²) in [4.78, 5) is 25.1. The van der Waals surface area contributed by atoms with Crippen LogP contribution in [0.25, 0.3) is 0 Å². The molecular formula is C19H36N2O4. The Morgan fingerprint density at radius 1 is 1.16 bits per heavy atom. The van der Waals surface area contributed by atoms with Crippen molar-refractivity contribution in [3.8, 4) is 0 Å². The number of hydrogen-bond acceptors (Lipinski definition) is 5. The SMILES string of the molecule is CC[C@H](C)[C@H](NC(=O)[C@@H]1C[C@@H](OC(C)(C)C)CN1)C(=O)OC(C)(C)C. The summed E-state index contributed by atoms with van der Waals surface area (Å²) >= 11 is 0. The van der Waals surface area contributed by atoms with Crippen LogP contribution in [-0.2, 0) is 19.1 Å².